The third kappa shape index (κ3) is 7.12. The zero-order valence-corrected chi connectivity index (χ0v) is 25.1. The van der Waals surface area contributed by atoms with E-state index in [0.29, 0.717) is 66.6 Å². The highest BCUT2D eigenvalue weighted by Crippen LogP contribution is 2.42. The topological polar surface area (TPSA) is 93.8 Å². The Morgan fingerprint density at radius 2 is 1.81 bits per heavy atom. The number of morpholine rings is 1. The Balaban J connectivity index is 0.000000390. The van der Waals surface area contributed by atoms with Gasteiger partial charge in [-0.25, -0.2) is 8.78 Å². The van der Waals surface area contributed by atoms with Crippen molar-refractivity contribution in [1.82, 2.24) is 20.0 Å². The number of ether oxygens (including phenoxy) is 2. The molecule has 1 aromatic carbocycles. The number of rotatable bonds is 4. The fourth-order valence-corrected chi connectivity index (χ4v) is 5.07. The van der Waals surface area contributed by atoms with Crippen LogP contribution in [0.15, 0.2) is 35.0 Å². The molecule has 5 heterocycles. The average Bonchev–Trinajstić information content (AvgIpc) is 3.51. The zero-order chi connectivity index (χ0) is 30.3. The van der Waals surface area contributed by atoms with Crippen LogP contribution in [0.4, 0.5) is 14.8 Å². The van der Waals surface area contributed by atoms with Crippen molar-refractivity contribution < 1.29 is 27.6 Å². The van der Waals surface area contributed by atoms with Crippen LogP contribution in [0, 0.1) is 5.82 Å². The summed E-state index contributed by atoms with van der Waals surface area (Å²) in [6.45, 7) is 13.1. The van der Waals surface area contributed by atoms with Gasteiger partial charge in [0.1, 0.15) is 23.3 Å². The first-order chi connectivity index (χ1) is 20.3. The van der Waals surface area contributed by atoms with E-state index in [0.717, 1.165) is 26.3 Å². The number of aromatic nitrogens is 3. The highest BCUT2D eigenvalue weighted by atomic mass is 19.1. The summed E-state index contributed by atoms with van der Waals surface area (Å²) in [6.07, 6.45) is 2.00. The maximum Gasteiger partial charge on any atom is 0.324 e. The van der Waals surface area contributed by atoms with E-state index in [2.05, 4.69) is 27.1 Å². The van der Waals surface area contributed by atoms with E-state index in [1.165, 1.54) is 12.1 Å². The molecule has 3 aromatic rings. The summed E-state index contributed by atoms with van der Waals surface area (Å²) in [5.41, 5.74) is 0.775. The molecule has 11 heteroatoms. The molecule has 0 saturated carbocycles. The highest BCUT2D eigenvalue weighted by Gasteiger charge is 2.48. The monoisotopic (exact) mass is 585 g/mol. The van der Waals surface area contributed by atoms with Gasteiger partial charge in [-0.2, -0.15) is 4.98 Å². The Hall–Kier alpha value is -3.44. The lowest BCUT2D eigenvalue weighted by Gasteiger charge is -2.45. The molecule has 0 amide bonds. The first-order valence-corrected chi connectivity index (χ1v) is 14.7. The number of fused-ring (bicyclic) bond motifs is 1. The molecule has 1 unspecified atom stereocenters. The second-order valence-electron chi connectivity index (χ2n) is 10.9. The molecule has 2 fully saturated rings. The van der Waals surface area contributed by atoms with Crippen LogP contribution in [-0.2, 0) is 11.2 Å². The number of aldehydes is 1. The molecule has 42 heavy (non-hydrogen) atoms. The first kappa shape index (κ1) is 31.5. The van der Waals surface area contributed by atoms with Gasteiger partial charge >= 0.3 is 6.01 Å². The van der Waals surface area contributed by atoms with Gasteiger partial charge in [-0.15, -0.1) is 0 Å². The molecule has 228 valence electrons. The summed E-state index contributed by atoms with van der Waals surface area (Å²) in [5.74, 6) is 0.753. The summed E-state index contributed by atoms with van der Waals surface area (Å²) in [5, 5.41) is 4.01. The van der Waals surface area contributed by atoms with E-state index in [9.17, 15) is 9.18 Å². The maximum absolute atomic E-state index is 15.4. The SMILES string of the molecule is CC.CC(C)c1noc(N2CCC3(CC2)Oc2cnc(-c4ccc(C=O)c(F)c4)cc2CC3F)n1.CN1CCOCC1. The van der Waals surface area contributed by atoms with Gasteiger partial charge in [0.2, 0.25) is 0 Å². The molecule has 3 aliphatic heterocycles. The Morgan fingerprint density at radius 3 is 2.38 bits per heavy atom. The van der Waals surface area contributed by atoms with Crippen LogP contribution in [0.3, 0.4) is 0 Å². The van der Waals surface area contributed by atoms with E-state index in [4.69, 9.17) is 14.0 Å². The molecule has 0 N–H and O–H groups in total. The normalized spacial score (nSPS) is 19.6. The summed E-state index contributed by atoms with van der Waals surface area (Å²) in [4.78, 5) is 23.9. The van der Waals surface area contributed by atoms with Crippen molar-refractivity contribution in [3.05, 3.63) is 53.2 Å². The Kier molecular flexibility index (Phi) is 10.6. The summed E-state index contributed by atoms with van der Waals surface area (Å²) < 4.78 is 46.1. The Bertz CT molecular complexity index is 1320. The van der Waals surface area contributed by atoms with Crippen LogP contribution in [0.1, 0.15) is 68.2 Å². The van der Waals surface area contributed by atoms with Gasteiger partial charge in [0.15, 0.2) is 12.1 Å². The first-order valence-electron chi connectivity index (χ1n) is 14.7. The van der Waals surface area contributed by atoms with Gasteiger partial charge in [0, 0.05) is 62.5 Å². The van der Waals surface area contributed by atoms with Crippen molar-refractivity contribution in [2.75, 3.05) is 51.3 Å². The third-order valence-electron chi connectivity index (χ3n) is 7.72. The second kappa shape index (κ2) is 14.2. The van der Waals surface area contributed by atoms with Crippen LogP contribution < -0.4 is 9.64 Å². The van der Waals surface area contributed by atoms with Crippen molar-refractivity contribution >= 4 is 12.3 Å². The molecule has 2 saturated heterocycles. The van der Waals surface area contributed by atoms with Crippen molar-refractivity contribution in [1.29, 1.82) is 0 Å². The molecule has 1 spiro atoms. The Morgan fingerprint density at radius 1 is 1.10 bits per heavy atom. The minimum atomic E-state index is -1.19. The number of nitrogens with zero attached hydrogens (tertiary/aromatic N) is 5. The maximum atomic E-state index is 15.4. The lowest BCUT2D eigenvalue weighted by Crippen LogP contribution is -2.56. The lowest BCUT2D eigenvalue weighted by atomic mass is 9.81. The van der Waals surface area contributed by atoms with Crippen molar-refractivity contribution in [3.63, 3.8) is 0 Å². The van der Waals surface area contributed by atoms with Crippen LogP contribution in [0.5, 0.6) is 5.75 Å². The predicted octanol–water partition coefficient (Wildman–Crippen LogP) is 5.49. The molecule has 6 rings (SSSR count). The van der Waals surface area contributed by atoms with E-state index in [1.807, 2.05) is 32.6 Å². The van der Waals surface area contributed by atoms with Crippen molar-refractivity contribution in [2.45, 2.75) is 64.6 Å². The molecule has 1 atom stereocenters. The number of carbonyl (C=O) groups excluding carboxylic acids is 1. The van der Waals surface area contributed by atoms with E-state index >= 15 is 4.39 Å². The fraction of sp³-hybridized carbons (Fsp3) is 0.548. The average molecular weight is 586 g/mol. The summed E-state index contributed by atoms with van der Waals surface area (Å²) >= 11 is 0. The standard InChI is InChI=1S/C24H24F2N4O3.C5H11NO.C2H6/c1-14(2)22-28-23(33-29-22)30-7-5-24(6-8-30)21(26)11-17-10-19(27-12-20(17)32-24)15-3-4-16(13-31)18(25)9-15;1-6-2-4-7-5-3-6;1-2/h3-4,9-10,12-14,21H,5-8,11H2,1-2H3;2-5H2,1H3;1-2H3. The predicted molar refractivity (Wildman–Crippen MR) is 156 cm³/mol. The molecule has 9 nitrogen and oxygen atoms in total. The fourth-order valence-electron chi connectivity index (χ4n) is 5.07. The number of pyridine rings is 1. The van der Waals surface area contributed by atoms with Crippen LogP contribution >= 0.6 is 0 Å². The molecule has 0 bridgehead atoms. The van der Waals surface area contributed by atoms with Crippen LogP contribution in [0.2, 0.25) is 0 Å². The molecule has 0 aliphatic carbocycles. The van der Waals surface area contributed by atoms with Crippen molar-refractivity contribution in [3.8, 4) is 17.0 Å². The van der Waals surface area contributed by atoms with Gasteiger partial charge in [-0.1, -0.05) is 38.9 Å². The number of piperidine rings is 1. The molecular formula is C31H41F2N5O4. The number of alkyl halides is 1. The Labute approximate surface area is 246 Å². The van der Waals surface area contributed by atoms with Gasteiger partial charge < -0.3 is 23.8 Å². The molecule has 2 aromatic heterocycles. The zero-order valence-electron chi connectivity index (χ0n) is 25.1. The summed E-state index contributed by atoms with van der Waals surface area (Å²) in [7, 11) is 2.11. The van der Waals surface area contributed by atoms with Crippen LogP contribution in [-0.4, -0.2) is 84.5 Å². The largest absolute Gasteiger partial charge is 0.482 e. The molecule has 0 radical (unpaired) electrons. The lowest BCUT2D eigenvalue weighted by molar-refractivity contribution is -0.0439. The second-order valence-corrected chi connectivity index (χ2v) is 10.9. The highest BCUT2D eigenvalue weighted by molar-refractivity contribution is 5.77. The quantitative estimate of drug-likeness (QED) is 0.368. The van der Waals surface area contributed by atoms with Crippen LogP contribution in [0.25, 0.3) is 11.3 Å². The number of carbonyl (C=O) groups is 1. The van der Waals surface area contributed by atoms with Gasteiger partial charge in [-0.3, -0.25) is 9.78 Å². The number of hydrogen-bond donors (Lipinski definition) is 0. The van der Waals surface area contributed by atoms with E-state index in [-0.39, 0.29) is 17.9 Å². The van der Waals surface area contributed by atoms with E-state index in [1.54, 1.807) is 18.3 Å². The minimum absolute atomic E-state index is 0.0156. The number of benzene rings is 1. The minimum Gasteiger partial charge on any atom is -0.482 e. The van der Waals surface area contributed by atoms with Gasteiger partial charge in [0.25, 0.3) is 0 Å². The molecular weight excluding hydrogens is 544 g/mol. The third-order valence-corrected chi connectivity index (χ3v) is 7.72. The number of hydrogen-bond acceptors (Lipinski definition) is 9. The summed E-state index contributed by atoms with van der Waals surface area (Å²) in [6, 6.07) is 6.47. The van der Waals surface area contributed by atoms with E-state index < -0.39 is 17.6 Å². The molecule has 3 aliphatic rings. The smallest absolute Gasteiger partial charge is 0.324 e. The van der Waals surface area contributed by atoms with Gasteiger partial charge in [0.05, 0.1) is 30.7 Å². The van der Waals surface area contributed by atoms with Gasteiger partial charge in [-0.05, 0) is 25.2 Å². The number of anilines is 1. The number of halogens is 2. The number of likely N-dealkylation sites (N-methyl/N-ethyl adjacent to an activating group) is 1. The van der Waals surface area contributed by atoms with Crippen molar-refractivity contribution in [2.24, 2.45) is 0 Å².